The Hall–Kier alpha value is -3.59. The number of carbonyl (C=O) groups excluding carboxylic acids is 3. The van der Waals surface area contributed by atoms with E-state index < -0.39 is 0 Å². The van der Waals surface area contributed by atoms with E-state index in [1.54, 1.807) is 36.1 Å². The van der Waals surface area contributed by atoms with Crippen molar-refractivity contribution in [1.29, 1.82) is 0 Å². The van der Waals surface area contributed by atoms with Gasteiger partial charge in [0, 0.05) is 42.2 Å². The van der Waals surface area contributed by atoms with Crippen molar-refractivity contribution in [3.8, 4) is 0 Å². The molecule has 2 N–H and O–H groups in total. The summed E-state index contributed by atoms with van der Waals surface area (Å²) in [6.45, 7) is 4.29. The average molecular weight is 450 g/mol. The lowest BCUT2D eigenvalue weighted by atomic mass is 10.1. The van der Waals surface area contributed by atoms with Gasteiger partial charge < -0.3 is 10.2 Å². The summed E-state index contributed by atoms with van der Waals surface area (Å²) in [7, 11) is 0. The van der Waals surface area contributed by atoms with Crippen LogP contribution in [0.3, 0.4) is 0 Å². The molecule has 1 aliphatic heterocycles. The van der Waals surface area contributed by atoms with Gasteiger partial charge in [0.2, 0.25) is 16.9 Å². The Bertz CT molecular complexity index is 1180. The summed E-state index contributed by atoms with van der Waals surface area (Å²) >= 11 is 1.27. The lowest BCUT2D eigenvalue weighted by Crippen LogP contribution is -2.24. The Morgan fingerprint density at radius 1 is 1.12 bits per heavy atom. The first kappa shape index (κ1) is 21.6. The standard InChI is InChI=1S/C23H23N5O3S/c1-3-19(29)24-17-8-5-7-15(11-17)21(31)25-23-27-26-22(32-23)16-12-20(30)28(13-16)18-9-4-6-14(2)10-18/h4-11,16H,3,12-13H2,1-2H3,(H,24,29)(H,25,27,31). The van der Waals surface area contributed by atoms with Crippen LogP contribution < -0.4 is 15.5 Å². The van der Waals surface area contributed by atoms with Crippen molar-refractivity contribution in [3.63, 3.8) is 0 Å². The molecule has 2 aromatic carbocycles. The highest BCUT2D eigenvalue weighted by molar-refractivity contribution is 7.15. The number of hydrogen-bond donors (Lipinski definition) is 2. The van der Waals surface area contributed by atoms with Gasteiger partial charge in [-0.3, -0.25) is 19.7 Å². The Morgan fingerprint density at radius 2 is 1.94 bits per heavy atom. The van der Waals surface area contributed by atoms with Gasteiger partial charge in [0.05, 0.1) is 0 Å². The van der Waals surface area contributed by atoms with Crippen molar-refractivity contribution in [1.82, 2.24) is 10.2 Å². The van der Waals surface area contributed by atoms with Gasteiger partial charge in [-0.25, -0.2) is 0 Å². The predicted octanol–water partition coefficient (Wildman–Crippen LogP) is 3.97. The molecule has 32 heavy (non-hydrogen) atoms. The van der Waals surface area contributed by atoms with Gasteiger partial charge in [-0.1, -0.05) is 36.5 Å². The molecule has 4 rings (SSSR count). The minimum atomic E-state index is -0.343. The highest BCUT2D eigenvalue weighted by atomic mass is 32.1. The molecule has 0 spiro atoms. The van der Waals surface area contributed by atoms with E-state index >= 15 is 0 Å². The van der Waals surface area contributed by atoms with Gasteiger partial charge in [-0.05, 0) is 42.8 Å². The Balaban J connectivity index is 1.42. The van der Waals surface area contributed by atoms with Crippen LogP contribution in [0, 0.1) is 6.92 Å². The third kappa shape index (κ3) is 4.83. The van der Waals surface area contributed by atoms with E-state index in [0.717, 1.165) is 11.3 Å². The fourth-order valence-corrected chi connectivity index (χ4v) is 4.35. The Morgan fingerprint density at radius 3 is 2.72 bits per heavy atom. The van der Waals surface area contributed by atoms with Gasteiger partial charge in [0.25, 0.3) is 5.91 Å². The van der Waals surface area contributed by atoms with Crippen molar-refractivity contribution in [2.45, 2.75) is 32.6 Å². The molecule has 1 atom stereocenters. The number of carbonyl (C=O) groups is 3. The number of amides is 3. The molecule has 9 heteroatoms. The van der Waals surface area contributed by atoms with E-state index in [0.29, 0.717) is 40.8 Å². The molecular weight excluding hydrogens is 426 g/mol. The van der Waals surface area contributed by atoms with E-state index in [1.807, 2.05) is 31.2 Å². The fourth-order valence-electron chi connectivity index (χ4n) is 3.53. The second-order valence-electron chi connectivity index (χ2n) is 7.63. The monoisotopic (exact) mass is 449 g/mol. The first-order chi connectivity index (χ1) is 15.4. The molecule has 3 amide bonds. The normalized spacial score (nSPS) is 15.6. The zero-order valence-electron chi connectivity index (χ0n) is 17.8. The lowest BCUT2D eigenvalue weighted by molar-refractivity contribution is -0.117. The van der Waals surface area contributed by atoms with Crippen LogP contribution in [0.5, 0.6) is 0 Å². The second kappa shape index (κ2) is 9.27. The molecule has 2 heterocycles. The average Bonchev–Trinajstić information content (AvgIpc) is 3.40. The summed E-state index contributed by atoms with van der Waals surface area (Å²) in [5, 5.41) is 14.9. The highest BCUT2D eigenvalue weighted by Crippen LogP contribution is 2.34. The van der Waals surface area contributed by atoms with E-state index in [-0.39, 0.29) is 23.6 Å². The summed E-state index contributed by atoms with van der Waals surface area (Å²) in [4.78, 5) is 38.5. The van der Waals surface area contributed by atoms with Crippen LogP contribution in [0.1, 0.15) is 46.6 Å². The van der Waals surface area contributed by atoms with Crippen molar-refractivity contribution >= 4 is 45.6 Å². The number of hydrogen-bond acceptors (Lipinski definition) is 6. The topological polar surface area (TPSA) is 104 Å². The molecule has 1 unspecified atom stereocenters. The second-order valence-corrected chi connectivity index (χ2v) is 8.64. The first-order valence-electron chi connectivity index (χ1n) is 10.3. The fraction of sp³-hybridized carbons (Fsp3) is 0.261. The Kier molecular flexibility index (Phi) is 6.27. The molecule has 0 aliphatic carbocycles. The van der Waals surface area contributed by atoms with E-state index in [2.05, 4.69) is 20.8 Å². The van der Waals surface area contributed by atoms with Gasteiger partial charge in [-0.15, -0.1) is 10.2 Å². The number of nitrogens with zero attached hydrogens (tertiary/aromatic N) is 3. The molecule has 0 bridgehead atoms. The van der Waals surface area contributed by atoms with Crippen LogP contribution >= 0.6 is 11.3 Å². The molecule has 1 aromatic heterocycles. The smallest absolute Gasteiger partial charge is 0.257 e. The quantitative estimate of drug-likeness (QED) is 0.593. The van der Waals surface area contributed by atoms with Crippen molar-refractivity contribution in [2.75, 3.05) is 22.1 Å². The van der Waals surface area contributed by atoms with Crippen LogP contribution in [0.2, 0.25) is 0 Å². The number of benzene rings is 2. The SMILES string of the molecule is CCC(=O)Nc1cccc(C(=O)Nc2nnc(C3CC(=O)N(c4cccc(C)c4)C3)s2)c1. The zero-order valence-corrected chi connectivity index (χ0v) is 18.6. The van der Waals surface area contributed by atoms with E-state index in [9.17, 15) is 14.4 Å². The molecular formula is C23H23N5O3S. The van der Waals surface area contributed by atoms with Gasteiger partial charge in [-0.2, -0.15) is 0 Å². The van der Waals surface area contributed by atoms with Crippen molar-refractivity contribution < 1.29 is 14.4 Å². The summed E-state index contributed by atoms with van der Waals surface area (Å²) in [5.74, 6) is -0.489. The Labute approximate surface area is 189 Å². The molecule has 0 radical (unpaired) electrons. The maximum Gasteiger partial charge on any atom is 0.257 e. The minimum Gasteiger partial charge on any atom is -0.326 e. The summed E-state index contributed by atoms with van der Waals surface area (Å²) in [6, 6.07) is 14.6. The largest absolute Gasteiger partial charge is 0.326 e. The number of nitrogens with one attached hydrogen (secondary N) is 2. The first-order valence-corrected chi connectivity index (χ1v) is 11.2. The molecule has 3 aromatic rings. The highest BCUT2D eigenvalue weighted by Gasteiger charge is 2.34. The van der Waals surface area contributed by atoms with Gasteiger partial charge >= 0.3 is 0 Å². The molecule has 0 saturated carbocycles. The number of rotatable bonds is 6. The lowest BCUT2D eigenvalue weighted by Gasteiger charge is -2.16. The van der Waals surface area contributed by atoms with Crippen LogP contribution in [0.25, 0.3) is 0 Å². The van der Waals surface area contributed by atoms with Gasteiger partial charge in [0.15, 0.2) is 0 Å². The summed E-state index contributed by atoms with van der Waals surface area (Å²) in [5.41, 5.74) is 2.93. The van der Waals surface area contributed by atoms with Gasteiger partial charge in [0.1, 0.15) is 5.01 Å². The van der Waals surface area contributed by atoms with Crippen molar-refractivity contribution in [3.05, 3.63) is 64.7 Å². The van der Waals surface area contributed by atoms with E-state index in [4.69, 9.17) is 0 Å². The van der Waals surface area contributed by atoms with E-state index in [1.165, 1.54) is 11.3 Å². The van der Waals surface area contributed by atoms with Crippen LogP contribution in [0.4, 0.5) is 16.5 Å². The number of aromatic nitrogens is 2. The number of anilines is 3. The van der Waals surface area contributed by atoms with Crippen LogP contribution in [-0.2, 0) is 9.59 Å². The van der Waals surface area contributed by atoms with Crippen LogP contribution in [0.15, 0.2) is 48.5 Å². The predicted molar refractivity (Wildman–Crippen MR) is 124 cm³/mol. The molecule has 1 saturated heterocycles. The minimum absolute atomic E-state index is 0.0485. The van der Waals surface area contributed by atoms with Crippen molar-refractivity contribution in [2.24, 2.45) is 0 Å². The molecule has 8 nitrogen and oxygen atoms in total. The maximum atomic E-state index is 12.6. The zero-order chi connectivity index (χ0) is 22.7. The maximum absolute atomic E-state index is 12.6. The molecule has 1 aliphatic rings. The summed E-state index contributed by atoms with van der Waals surface area (Å²) < 4.78 is 0. The summed E-state index contributed by atoms with van der Waals surface area (Å²) in [6.07, 6.45) is 0.713. The van der Waals surface area contributed by atoms with Crippen LogP contribution in [-0.4, -0.2) is 34.5 Å². The third-order valence-electron chi connectivity index (χ3n) is 5.18. The number of aryl methyl sites for hydroxylation is 1. The molecule has 164 valence electrons. The third-order valence-corrected chi connectivity index (χ3v) is 6.18. The molecule has 1 fully saturated rings.